The maximum Gasteiger partial charge on any atom is 0.265 e. The minimum Gasteiger partial charge on any atom is -0.352 e. The Morgan fingerprint density at radius 1 is 1.26 bits per heavy atom. The lowest BCUT2D eigenvalue weighted by molar-refractivity contribution is -0.0118. The van der Waals surface area contributed by atoms with E-state index >= 15 is 0 Å². The van der Waals surface area contributed by atoms with Crippen molar-refractivity contribution in [1.82, 2.24) is 14.9 Å². The lowest BCUT2D eigenvalue weighted by Gasteiger charge is -2.33. The Kier molecular flexibility index (Phi) is 8.18. The van der Waals surface area contributed by atoms with Gasteiger partial charge in [-0.2, -0.15) is 0 Å². The van der Waals surface area contributed by atoms with Crippen LogP contribution in [-0.2, 0) is 0 Å². The molecule has 202 valence electrons. The van der Waals surface area contributed by atoms with Crippen molar-refractivity contribution in [3.63, 3.8) is 0 Å². The summed E-state index contributed by atoms with van der Waals surface area (Å²) in [5.41, 5.74) is -1.04. The number of nitrogens with zero attached hydrogens (tertiary/aromatic N) is 3. The molecule has 1 aliphatic heterocycles. The van der Waals surface area contributed by atoms with Crippen molar-refractivity contribution in [2.45, 2.75) is 45.0 Å². The van der Waals surface area contributed by atoms with E-state index in [1.807, 2.05) is 13.0 Å². The minimum atomic E-state index is -2.89. The second-order valence-electron chi connectivity index (χ2n) is 9.60. The van der Waals surface area contributed by atoms with Crippen LogP contribution in [0, 0.1) is 17.6 Å². The molecule has 4 rings (SSSR count). The van der Waals surface area contributed by atoms with Crippen LogP contribution < -0.4 is 15.6 Å². The van der Waals surface area contributed by atoms with Crippen LogP contribution in [0.5, 0.6) is 0 Å². The Labute approximate surface area is 218 Å². The Morgan fingerprint density at radius 3 is 2.74 bits per heavy atom. The zero-order chi connectivity index (χ0) is 27.4. The normalized spacial score (nSPS) is 15.9. The largest absolute Gasteiger partial charge is 0.352 e. The summed E-state index contributed by atoms with van der Waals surface area (Å²) in [5, 5.41) is 2.76. The number of carbonyl (C=O) groups excluding carboxylic acids is 1. The van der Waals surface area contributed by atoms with E-state index in [0.717, 1.165) is 18.9 Å². The molecule has 0 bridgehead atoms. The van der Waals surface area contributed by atoms with Gasteiger partial charge in [0.2, 0.25) is 5.43 Å². The summed E-state index contributed by atoms with van der Waals surface area (Å²) in [7, 11) is 0. The highest BCUT2D eigenvalue weighted by Crippen LogP contribution is 2.30. The maximum absolute atomic E-state index is 14.9. The molecular formula is C28H30F4N4O2. The van der Waals surface area contributed by atoms with Crippen LogP contribution in [0.4, 0.5) is 23.4 Å². The van der Waals surface area contributed by atoms with Crippen molar-refractivity contribution >= 4 is 22.8 Å². The first kappa shape index (κ1) is 27.3. The summed E-state index contributed by atoms with van der Waals surface area (Å²) in [6, 6.07) is 5.74. The molecule has 1 fully saturated rings. The average Bonchev–Trinajstić information content (AvgIpc) is 2.88. The summed E-state index contributed by atoms with van der Waals surface area (Å²) in [6.07, 6.45) is 5.42. The van der Waals surface area contributed by atoms with E-state index in [4.69, 9.17) is 0 Å². The van der Waals surface area contributed by atoms with Crippen LogP contribution in [0.3, 0.4) is 0 Å². The first-order chi connectivity index (χ1) is 18.1. The molecule has 38 heavy (non-hydrogen) atoms. The highest BCUT2D eigenvalue weighted by Gasteiger charge is 2.36. The number of piperidine rings is 1. The van der Waals surface area contributed by atoms with Gasteiger partial charge in [-0.3, -0.25) is 14.2 Å². The van der Waals surface area contributed by atoms with Crippen molar-refractivity contribution in [1.29, 1.82) is 0 Å². The van der Waals surface area contributed by atoms with Crippen molar-refractivity contribution in [3.05, 3.63) is 76.6 Å². The number of hydrogen-bond donors (Lipinski definition) is 1. The maximum atomic E-state index is 14.9. The summed E-state index contributed by atoms with van der Waals surface area (Å²) < 4.78 is 57.8. The Balaban J connectivity index is 1.77. The molecular weight excluding hydrogens is 500 g/mol. The summed E-state index contributed by atoms with van der Waals surface area (Å²) >= 11 is 0. The van der Waals surface area contributed by atoms with Gasteiger partial charge in [0.15, 0.2) is 5.65 Å². The molecule has 6 nitrogen and oxygen atoms in total. The minimum absolute atomic E-state index is 0.00647. The predicted octanol–water partition coefficient (Wildman–Crippen LogP) is 5.62. The number of aromatic nitrogens is 2. The second kappa shape index (κ2) is 11.4. The second-order valence-corrected chi connectivity index (χ2v) is 9.60. The summed E-state index contributed by atoms with van der Waals surface area (Å²) in [4.78, 5) is 32.2. The van der Waals surface area contributed by atoms with Crippen molar-refractivity contribution < 1.29 is 22.4 Å². The zero-order valence-electron chi connectivity index (χ0n) is 21.2. The molecule has 1 amide bonds. The molecule has 2 aromatic heterocycles. The number of carbonyl (C=O) groups is 1. The zero-order valence-corrected chi connectivity index (χ0v) is 21.2. The van der Waals surface area contributed by atoms with E-state index in [1.54, 1.807) is 0 Å². The Morgan fingerprint density at radius 2 is 2.05 bits per heavy atom. The van der Waals surface area contributed by atoms with Crippen LogP contribution in [0.25, 0.3) is 16.7 Å². The van der Waals surface area contributed by atoms with E-state index in [2.05, 4.69) is 16.9 Å². The van der Waals surface area contributed by atoms with E-state index in [9.17, 15) is 27.2 Å². The number of hydrogen-bond acceptors (Lipinski definition) is 4. The van der Waals surface area contributed by atoms with Gasteiger partial charge in [0.05, 0.1) is 17.6 Å². The molecule has 1 N–H and O–H groups in total. The van der Waals surface area contributed by atoms with Crippen LogP contribution >= 0.6 is 0 Å². The van der Waals surface area contributed by atoms with Crippen LogP contribution in [0.2, 0.25) is 0 Å². The smallest absolute Gasteiger partial charge is 0.265 e. The first-order valence-electron chi connectivity index (χ1n) is 12.7. The summed E-state index contributed by atoms with van der Waals surface area (Å²) in [6.45, 7) is 5.92. The number of pyridine rings is 2. The fourth-order valence-electron chi connectivity index (χ4n) is 4.76. The van der Waals surface area contributed by atoms with Gasteiger partial charge in [0, 0.05) is 31.8 Å². The number of anilines is 1. The topological polar surface area (TPSA) is 67.2 Å². The molecule has 0 aliphatic carbocycles. The van der Waals surface area contributed by atoms with Crippen LogP contribution in [-0.4, -0.2) is 41.0 Å². The van der Waals surface area contributed by atoms with Gasteiger partial charge in [0.1, 0.15) is 23.0 Å². The van der Waals surface area contributed by atoms with Gasteiger partial charge in [-0.1, -0.05) is 19.4 Å². The van der Waals surface area contributed by atoms with Gasteiger partial charge in [-0.25, -0.2) is 22.5 Å². The molecule has 3 heterocycles. The molecule has 0 radical (unpaired) electrons. The third kappa shape index (κ3) is 5.89. The molecule has 1 saturated heterocycles. The molecule has 0 saturated carbocycles. The SMILES string of the molecule is C=CCC(CC)CCNC(=O)c1cn(-c2ccc(F)cc2F)c2nc(N3CCCC(F)(F)C3)ccc2c1=O. The molecule has 1 aromatic carbocycles. The van der Waals surface area contributed by atoms with Crippen molar-refractivity contribution in [2.24, 2.45) is 5.92 Å². The molecule has 1 atom stereocenters. The van der Waals surface area contributed by atoms with Crippen LogP contribution in [0.15, 0.2) is 54.0 Å². The molecule has 0 spiro atoms. The lowest BCUT2D eigenvalue weighted by atomic mass is 9.98. The summed E-state index contributed by atoms with van der Waals surface area (Å²) in [5.74, 6) is -4.74. The number of allylic oxidation sites excluding steroid dienone is 1. The van der Waals surface area contributed by atoms with Gasteiger partial charge in [-0.05, 0) is 49.4 Å². The van der Waals surface area contributed by atoms with Crippen molar-refractivity contribution in [3.8, 4) is 5.69 Å². The van der Waals surface area contributed by atoms with E-state index in [0.29, 0.717) is 31.5 Å². The fourth-order valence-corrected chi connectivity index (χ4v) is 4.76. The van der Waals surface area contributed by atoms with Gasteiger partial charge in [0.25, 0.3) is 11.8 Å². The highest BCUT2D eigenvalue weighted by atomic mass is 19.3. The predicted molar refractivity (Wildman–Crippen MR) is 139 cm³/mol. The molecule has 1 aliphatic rings. The third-order valence-electron chi connectivity index (χ3n) is 6.88. The van der Waals surface area contributed by atoms with Gasteiger partial charge in [-0.15, -0.1) is 6.58 Å². The monoisotopic (exact) mass is 530 g/mol. The molecule has 10 heteroatoms. The Bertz CT molecular complexity index is 1410. The number of benzene rings is 1. The first-order valence-corrected chi connectivity index (χ1v) is 12.7. The number of rotatable bonds is 9. The quantitative estimate of drug-likeness (QED) is 0.288. The highest BCUT2D eigenvalue weighted by molar-refractivity contribution is 5.97. The fraction of sp³-hybridized carbons (Fsp3) is 0.393. The van der Waals surface area contributed by atoms with Crippen molar-refractivity contribution in [2.75, 3.05) is 24.5 Å². The number of fused-ring (bicyclic) bond motifs is 1. The molecule has 1 unspecified atom stereocenters. The lowest BCUT2D eigenvalue weighted by Crippen LogP contribution is -2.43. The average molecular weight is 531 g/mol. The van der Waals surface area contributed by atoms with Crippen LogP contribution in [0.1, 0.15) is 49.4 Å². The van der Waals surface area contributed by atoms with Gasteiger partial charge < -0.3 is 10.2 Å². The van der Waals surface area contributed by atoms with E-state index in [1.165, 1.54) is 33.9 Å². The standard InChI is InChI=1S/C28H30F4N4O2/c1-3-6-18(4-2)11-13-33-27(38)21-16-36(23-9-7-19(29)15-22(23)30)26-20(25(21)37)8-10-24(34-26)35-14-5-12-28(31,32)17-35/h3,7-10,15-16,18H,1,4-6,11-14,17H2,2H3,(H,33,38). The number of alkyl halides is 2. The Hall–Kier alpha value is -3.69. The number of amides is 1. The van der Waals surface area contributed by atoms with Gasteiger partial charge >= 0.3 is 0 Å². The third-order valence-corrected chi connectivity index (χ3v) is 6.88. The molecule has 3 aromatic rings. The number of halogens is 4. The van der Waals surface area contributed by atoms with E-state index in [-0.39, 0.29) is 40.9 Å². The van der Waals surface area contributed by atoms with E-state index < -0.39 is 35.4 Å². The number of nitrogens with one attached hydrogen (secondary N) is 1.